The van der Waals surface area contributed by atoms with Crippen molar-refractivity contribution < 1.29 is 19.0 Å². The van der Waals surface area contributed by atoms with Gasteiger partial charge in [-0.25, -0.2) is 9.18 Å². The number of anilines is 1. The number of fused-ring (bicyclic) bond motifs is 1. The highest BCUT2D eigenvalue weighted by atomic mass is 19.1. The molecule has 1 atom stereocenters. The molecular formula is C22H27FN4O4. The highest BCUT2D eigenvalue weighted by Gasteiger charge is 2.33. The number of hydrogen-bond acceptors (Lipinski definition) is 6. The van der Waals surface area contributed by atoms with Crippen molar-refractivity contribution in [2.75, 3.05) is 38.7 Å². The number of rotatable bonds is 6. The molecule has 1 aromatic heterocycles. The zero-order chi connectivity index (χ0) is 22.7. The average Bonchev–Trinajstić information content (AvgIpc) is 3.47. The lowest BCUT2D eigenvalue weighted by atomic mass is 10.1. The van der Waals surface area contributed by atoms with E-state index in [1.165, 1.54) is 26.3 Å². The van der Waals surface area contributed by atoms with Gasteiger partial charge in [0.25, 0.3) is 0 Å². The van der Waals surface area contributed by atoms with Crippen molar-refractivity contribution in [1.82, 2.24) is 9.88 Å². The number of nitrogens with one attached hydrogen (secondary N) is 1. The first-order chi connectivity index (χ1) is 14.9. The fourth-order valence-electron chi connectivity index (χ4n) is 4.22. The molecule has 2 N–H and O–H groups in total. The van der Waals surface area contributed by atoms with Crippen molar-refractivity contribution in [3.8, 4) is 11.8 Å². The molecule has 2 heterocycles. The Morgan fingerprint density at radius 2 is 2.10 bits per heavy atom. The number of nitrogens with zero attached hydrogens (tertiary/aromatic N) is 3. The van der Waals surface area contributed by atoms with Gasteiger partial charge < -0.3 is 24.6 Å². The van der Waals surface area contributed by atoms with Gasteiger partial charge in [0.05, 0.1) is 24.1 Å². The zero-order valence-corrected chi connectivity index (χ0v) is 17.9. The van der Waals surface area contributed by atoms with E-state index in [1.54, 1.807) is 10.6 Å². The summed E-state index contributed by atoms with van der Waals surface area (Å²) < 4.78 is 22.6. The number of hydrogen-bond donors (Lipinski definition) is 2. The number of benzene rings is 1. The molecule has 8 nitrogen and oxygen atoms in total. The number of aromatic carboxylic acids is 1. The molecule has 31 heavy (non-hydrogen) atoms. The Kier molecular flexibility index (Phi) is 6.81. The second kappa shape index (κ2) is 9.35. The van der Waals surface area contributed by atoms with Crippen molar-refractivity contribution >= 4 is 22.6 Å². The molecule has 0 bridgehead atoms. The van der Waals surface area contributed by atoms with Crippen LogP contribution in [0.15, 0.2) is 17.1 Å². The van der Waals surface area contributed by atoms with Gasteiger partial charge in [0, 0.05) is 32.3 Å². The molecule has 166 valence electrons. The van der Waals surface area contributed by atoms with E-state index < -0.39 is 17.2 Å². The predicted octanol–water partition coefficient (Wildman–Crippen LogP) is 2.76. The highest BCUT2D eigenvalue weighted by molar-refractivity contribution is 5.97. The molecule has 1 aromatic carbocycles. The molecule has 2 fully saturated rings. The van der Waals surface area contributed by atoms with Crippen LogP contribution in [-0.4, -0.2) is 49.4 Å². The maximum atomic E-state index is 15.2. The van der Waals surface area contributed by atoms with Gasteiger partial charge in [-0.15, -0.1) is 0 Å². The molecule has 1 aliphatic heterocycles. The largest absolute Gasteiger partial charge is 0.492 e. The number of halogens is 1. The first kappa shape index (κ1) is 22.6. The van der Waals surface area contributed by atoms with Gasteiger partial charge in [-0.1, -0.05) is 0 Å². The van der Waals surface area contributed by atoms with Crippen LogP contribution in [0.3, 0.4) is 0 Å². The number of carbonyl (C=O) groups is 1. The lowest BCUT2D eigenvalue weighted by Crippen LogP contribution is -2.26. The normalized spacial score (nSPS) is 17.8. The molecule has 1 unspecified atom stereocenters. The predicted molar refractivity (Wildman–Crippen MR) is 115 cm³/mol. The van der Waals surface area contributed by atoms with Crippen molar-refractivity contribution in [1.29, 1.82) is 5.26 Å². The fraction of sp³-hybridized carbons (Fsp3) is 0.500. The third kappa shape index (κ3) is 4.35. The summed E-state index contributed by atoms with van der Waals surface area (Å²) in [7, 11) is 3.36. The van der Waals surface area contributed by atoms with E-state index in [0.29, 0.717) is 36.0 Å². The van der Waals surface area contributed by atoms with Crippen LogP contribution in [-0.2, 0) is 0 Å². The van der Waals surface area contributed by atoms with Crippen LogP contribution in [0.25, 0.3) is 10.9 Å². The van der Waals surface area contributed by atoms with Gasteiger partial charge in [0.2, 0.25) is 5.43 Å². The van der Waals surface area contributed by atoms with E-state index in [2.05, 4.69) is 5.32 Å². The van der Waals surface area contributed by atoms with E-state index in [4.69, 9.17) is 10.00 Å². The van der Waals surface area contributed by atoms with E-state index in [-0.39, 0.29) is 17.0 Å². The molecule has 1 aliphatic carbocycles. The van der Waals surface area contributed by atoms with Crippen LogP contribution < -0.4 is 20.4 Å². The van der Waals surface area contributed by atoms with Crippen molar-refractivity contribution in [3.05, 3.63) is 33.9 Å². The Morgan fingerprint density at radius 3 is 2.65 bits per heavy atom. The van der Waals surface area contributed by atoms with E-state index >= 15 is 4.39 Å². The SMILES string of the molecule is CC#N.CNCC1CCN(c2c(F)cc3c(=O)c(C(=O)O)cn(C4CC4)c3c2OC)C1. The maximum absolute atomic E-state index is 15.2. The van der Waals surface area contributed by atoms with Crippen LogP contribution >= 0.6 is 0 Å². The number of methoxy groups -OCH3 is 1. The Bertz CT molecular complexity index is 1090. The minimum atomic E-state index is -1.31. The molecule has 9 heteroatoms. The fourth-order valence-corrected chi connectivity index (χ4v) is 4.22. The summed E-state index contributed by atoms with van der Waals surface area (Å²) in [4.78, 5) is 26.2. The lowest BCUT2D eigenvalue weighted by molar-refractivity contribution is 0.0695. The van der Waals surface area contributed by atoms with Crippen LogP contribution in [0.5, 0.6) is 5.75 Å². The smallest absolute Gasteiger partial charge is 0.341 e. The number of aromatic nitrogens is 1. The second-order valence-corrected chi connectivity index (χ2v) is 7.83. The first-order valence-corrected chi connectivity index (χ1v) is 10.3. The van der Waals surface area contributed by atoms with Gasteiger partial charge >= 0.3 is 5.97 Å². The molecule has 4 rings (SSSR count). The summed E-state index contributed by atoms with van der Waals surface area (Å²) in [6.07, 6.45) is 4.10. The third-order valence-electron chi connectivity index (χ3n) is 5.67. The zero-order valence-electron chi connectivity index (χ0n) is 17.9. The monoisotopic (exact) mass is 430 g/mol. The summed E-state index contributed by atoms with van der Waals surface area (Å²) >= 11 is 0. The Labute approximate surface area is 179 Å². The number of ether oxygens (including phenoxy) is 1. The molecule has 0 radical (unpaired) electrons. The van der Waals surface area contributed by atoms with Crippen molar-refractivity contribution in [2.45, 2.75) is 32.2 Å². The van der Waals surface area contributed by atoms with Crippen LogP contribution in [0.4, 0.5) is 10.1 Å². The van der Waals surface area contributed by atoms with Gasteiger partial charge in [-0.2, -0.15) is 5.26 Å². The topological polar surface area (TPSA) is 108 Å². The summed E-state index contributed by atoms with van der Waals surface area (Å²) in [6.45, 7) is 3.68. The molecule has 2 aliphatic rings. The molecule has 0 spiro atoms. The standard InChI is InChI=1S/C20H24FN3O4.C2H3N/c1-22-8-11-5-6-23(9-11)17-15(21)7-13-16(19(17)28-2)24(12-3-4-12)10-14(18(13)25)20(26)27;1-2-3/h7,10-12,22H,3-6,8-9H2,1-2H3,(H,26,27);1H3. The van der Waals surface area contributed by atoms with Gasteiger partial charge in [0.15, 0.2) is 11.6 Å². The minimum absolute atomic E-state index is 0.0517. The third-order valence-corrected chi connectivity index (χ3v) is 5.67. The quantitative estimate of drug-likeness (QED) is 0.726. The van der Waals surface area contributed by atoms with Crippen molar-refractivity contribution in [3.63, 3.8) is 0 Å². The maximum Gasteiger partial charge on any atom is 0.341 e. The van der Waals surface area contributed by atoms with Gasteiger partial charge in [-0.3, -0.25) is 4.79 Å². The van der Waals surface area contributed by atoms with Crippen LogP contribution in [0.2, 0.25) is 0 Å². The van der Waals surface area contributed by atoms with E-state index in [9.17, 15) is 14.7 Å². The molecule has 2 aromatic rings. The van der Waals surface area contributed by atoms with Gasteiger partial charge in [-0.05, 0) is 44.8 Å². The number of carboxylic acid groups (broad SMARTS) is 1. The minimum Gasteiger partial charge on any atom is -0.492 e. The number of nitriles is 1. The highest BCUT2D eigenvalue weighted by Crippen LogP contribution is 2.44. The molecule has 0 amide bonds. The van der Waals surface area contributed by atoms with Crippen LogP contribution in [0.1, 0.15) is 42.6 Å². The van der Waals surface area contributed by atoms with E-state index in [1.807, 2.05) is 11.9 Å². The van der Waals surface area contributed by atoms with Crippen molar-refractivity contribution in [2.24, 2.45) is 5.92 Å². The summed E-state index contributed by atoms with van der Waals surface area (Å²) in [5.74, 6) is -1.15. The summed E-state index contributed by atoms with van der Waals surface area (Å²) in [6, 6.07) is 3.02. The number of carboxylic acids is 1. The summed E-state index contributed by atoms with van der Waals surface area (Å²) in [5, 5.41) is 19.9. The average molecular weight is 430 g/mol. The summed E-state index contributed by atoms with van der Waals surface area (Å²) in [5.41, 5.74) is -0.194. The second-order valence-electron chi connectivity index (χ2n) is 7.83. The molecule has 1 saturated heterocycles. The lowest BCUT2D eigenvalue weighted by Gasteiger charge is -2.24. The molecular weight excluding hydrogens is 403 g/mol. The Balaban J connectivity index is 0.000000858. The number of pyridine rings is 1. The first-order valence-electron chi connectivity index (χ1n) is 10.3. The van der Waals surface area contributed by atoms with Crippen LogP contribution in [0, 0.1) is 23.1 Å². The Morgan fingerprint density at radius 1 is 1.42 bits per heavy atom. The Hall–Kier alpha value is -3.12. The van der Waals surface area contributed by atoms with E-state index in [0.717, 1.165) is 25.8 Å². The van der Waals surface area contributed by atoms with Gasteiger partial charge in [0.1, 0.15) is 11.3 Å². The molecule has 1 saturated carbocycles.